The Kier molecular flexibility index (Phi) is 5.03. The van der Waals surface area contributed by atoms with Crippen molar-refractivity contribution in [2.75, 3.05) is 5.32 Å². The van der Waals surface area contributed by atoms with Crippen molar-refractivity contribution in [3.63, 3.8) is 0 Å². The van der Waals surface area contributed by atoms with E-state index in [4.69, 9.17) is 0 Å². The quantitative estimate of drug-likeness (QED) is 0.675. The summed E-state index contributed by atoms with van der Waals surface area (Å²) in [5, 5.41) is 14.4. The molecule has 0 unspecified atom stereocenters. The Morgan fingerprint density at radius 1 is 1.32 bits per heavy atom. The Hall–Kier alpha value is -2.41. The number of carbonyl (C=O) groups excluding carboxylic acids is 1. The van der Waals surface area contributed by atoms with Crippen LogP contribution in [0.15, 0.2) is 34.8 Å². The number of nitrogens with zero attached hydrogens (tertiary/aromatic N) is 3. The van der Waals surface area contributed by atoms with E-state index < -0.39 is 0 Å². The second-order valence-electron chi connectivity index (χ2n) is 5.92. The van der Waals surface area contributed by atoms with Gasteiger partial charge in [-0.15, -0.1) is 0 Å². The molecule has 0 atom stereocenters. The number of aromatic amines is 1. The highest BCUT2D eigenvalue weighted by Crippen LogP contribution is 2.32. The molecule has 3 rings (SSSR count). The first-order valence-electron chi connectivity index (χ1n) is 8.14. The number of anilines is 1. The summed E-state index contributed by atoms with van der Waals surface area (Å²) in [7, 11) is 1.82. The molecule has 1 aromatic carbocycles. The molecule has 0 saturated heterocycles. The molecule has 0 fully saturated rings. The third-order valence-corrected chi connectivity index (χ3v) is 4.50. The van der Waals surface area contributed by atoms with Gasteiger partial charge < -0.3 is 5.32 Å². The molecule has 0 spiro atoms. The van der Waals surface area contributed by atoms with Crippen LogP contribution in [0.1, 0.15) is 35.2 Å². The Bertz CT molecular complexity index is 895. The summed E-state index contributed by atoms with van der Waals surface area (Å²) >= 11 is 3.44. The third kappa shape index (κ3) is 3.66. The van der Waals surface area contributed by atoms with Crippen molar-refractivity contribution in [3.05, 3.63) is 51.9 Å². The maximum Gasteiger partial charge on any atom is 0.277 e. The average Bonchev–Trinajstić information content (AvgIpc) is 3.14. The largest absolute Gasteiger partial charge is 0.305 e. The molecular formula is C18H20BrN5O. The number of benzene rings is 1. The van der Waals surface area contributed by atoms with E-state index in [1.54, 1.807) is 10.7 Å². The number of amides is 1. The molecule has 0 aliphatic heterocycles. The lowest BCUT2D eigenvalue weighted by Gasteiger charge is -2.08. The number of nitrogens with one attached hydrogen (secondary N) is 2. The first kappa shape index (κ1) is 17.4. The van der Waals surface area contributed by atoms with Crippen molar-refractivity contribution in [1.29, 1.82) is 0 Å². The molecule has 0 bridgehead atoms. The van der Waals surface area contributed by atoms with Gasteiger partial charge in [0.2, 0.25) is 0 Å². The number of aryl methyl sites for hydroxylation is 3. The van der Waals surface area contributed by atoms with E-state index in [1.165, 1.54) is 0 Å². The number of hydrogen-bond donors (Lipinski definition) is 2. The van der Waals surface area contributed by atoms with Crippen molar-refractivity contribution < 1.29 is 4.79 Å². The first-order valence-corrected chi connectivity index (χ1v) is 8.94. The molecule has 2 heterocycles. The zero-order valence-corrected chi connectivity index (χ0v) is 16.0. The molecular weight excluding hydrogens is 382 g/mol. The summed E-state index contributed by atoms with van der Waals surface area (Å²) in [6.07, 6.45) is 1.87. The van der Waals surface area contributed by atoms with E-state index in [0.29, 0.717) is 11.5 Å². The van der Waals surface area contributed by atoms with Crippen LogP contribution in [0, 0.1) is 6.92 Å². The molecule has 0 saturated carbocycles. The van der Waals surface area contributed by atoms with Crippen LogP contribution in [0.4, 0.5) is 5.82 Å². The van der Waals surface area contributed by atoms with E-state index >= 15 is 0 Å². The normalized spacial score (nSPS) is 10.9. The zero-order chi connectivity index (χ0) is 18.0. The lowest BCUT2D eigenvalue weighted by Crippen LogP contribution is -2.15. The van der Waals surface area contributed by atoms with Gasteiger partial charge in [0.05, 0.1) is 5.69 Å². The molecule has 0 aliphatic rings. The maximum atomic E-state index is 12.6. The fourth-order valence-electron chi connectivity index (χ4n) is 2.81. The van der Waals surface area contributed by atoms with Crippen LogP contribution in [0.3, 0.4) is 0 Å². The summed E-state index contributed by atoms with van der Waals surface area (Å²) in [6, 6.07) is 9.73. The summed E-state index contributed by atoms with van der Waals surface area (Å²) in [4.78, 5) is 12.6. The lowest BCUT2D eigenvalue weighted by atomic mass is 10.1. The highest BCUT2D eigenvalue weighted by Gasteiger charge is 2.19. The topological polar surface area (TPSA) is 75.6 Å². The molecule has 7 heteroatoms. The molecule has 6 nitrogen and oxygen atoms in total. The van der Waals surface area contributed by atoms with Gasteiger partial charge >= 0.3 is 0 Å². The second-order valence-corrected chi connectivity index (χ2v) is 6.84. The van der Waals surface area contributed by atoms with Crippen molar-refractivity contribution in [1.82, 2.24) is 20.0 Å². The molecule has 2 aromatic heterocycles. The predicted molar refractivity (Wildman–Crippen MR) is 102 cm³/mol. The standard InChI is InChI=1S/C18H20BrN5O/c1-4-5-14-10-15(22-21-14)18(25)20-17-16(11(2)23-24(17)3)12-6-8-13(19)9-7-12/h6-10H,4-5H2,1-3H3,(H,20,25)(H,21,22). The maximum absolute atomic E-state index is 12.6. The van der Waals surface area contributed by atoms with Gasteiger partial charge in [0.25, 0.3) is 5.91 Å². The van der Waals surface area contributed by atoms with Crippen molar-refractivity contribution in [2.24, 2.45) is 7.05 Å². The van der Waals surface area contributed by atoms with Gasteiger partial charge in [0.1, 0.15) is 5.82 Å². The summed E-state index contributed by atoms with van der Waals surface area (Å²) in [5.41, 5.74) is 4.10. The van der Waals surface area contributed by atoms with Crippen LogP contribution in [-0.4, -0.2) is 25.9 Å². The summed E-state index contributed by atoms with van der Waals surface area (Å²) < 4.78 is 2.69. The minimum atomic E-state index is -0.250. The number of rotatable bonds is 5. The van der Waals surface area contributed by atoms with Gasteiger partial charge in [-0.05, 0) is 37.1 Å². The Labute approximate surface area is 154 Å². The van der Waals surface area contributed by atoms with Gasteiger partial charge in [-0.3, -0.25) is 14.6 Å². The molecule has 0 radical (unpaired) electrons. The van der Waals surface area contributed by atoms with Crippen molar-refractivity contribution >= 4 is 27.7 Å². The molecule has 0 aliphatic carbocycles. The predicted octanol–water partition coefficient (Wildman–Crippen LogP) is 4.09. The number of H-pyrrole nitrogens is 1. The zero-order valence-electron chi connectivity index (χ0n) is 14.4. The van der Waals surface area contributed by atoms with Crippen LogP contribution in [0.2, 0.25) is 0 Å². The Morgan fingerprint density at radius 3 is 2.72 bits per heavy atom. The molecule has 3 aromatic rings. The van der Waals surface area contributed by atoms with Gasteiger partial charge in [0, 0.05) is 22.8 Å². The molecule has 1 amide bonds. The third-order valence-electron chi connectivity index (χ3n) is 3.97. The molecule has 2 N–H and O–H groups in total. The summed E-state index contributed by atoms with van der Waals surface area (Å²) in [6.45, 7) is 4.02. The number of hydrogen-bond acceptors (Lipinski definition) is 3. The number of carbonyl (C=O) groups is 1. The number of halogens is 1. The van der Waals surface area contributed by atoms with E-state index in [9.17, 15) is 4.79 Å². The molecule has 130 valence electrons. The fraction of sp³-hybridized carbons (Fsp3) is 0.278. The SMILES string of the molecule is CCCc1cc(C(=O)Nc2c(-c3ccc(Br)cc3)c(C)nn2C)n[nH]1. The van der Waals surface area contributed by atoms with Crippen LogP contribution in [-0.2, 0) is 13.5 Å². The van der Waals surface area contributed by atoms with Gasteiger partial charge in [-0.2, -0.15) is 10.2 Å². The minimum Gasteiger partial charge on any atom is -0.305 e. The Morgan fingerprint density at radius 2 is 2.04 bits per heavy atom. The van der Waals surface area contributed by atoms with E-state index in [-0.39, 0.29) is 5.91 Å². The average molecular weight is 402 g/mol. The van der Waals surface area contributed by atoms with Crippen LogP contribution in [0.5, 0.6) is 0 Å². The van der Waals surface area contributed by atoms with Crippen molar-refractivity contribution in [2.45, 2.75) is 26.7 Å². The monoisotopic (exact) mass is 401 g/mol. The summed E-state index contributed by atoms with van der Waals surface area (Å²) in [5.74, 6) is 0.407. The smallest absolute Gasteiger partial charge is 0.277 e. The van der Waals surface area contributed by atoms with Crippen molar-refractivity contribution in [3.8, 4) is 11.1 Å². The van der Waals surface area contributed by atoms with Crippen LogP contribution < -0.4 is 5.32 Å². The minimum absolute atomic E-state index is 0.250. The van der Waals surface area contributed by atoms with E-state index in [1.807, 2.05) is 38.2 Å². The van der Waals surface area contributed by atoms with Crippen LogP contribution >= 0.6 is 15.9 Å². The van der Waals surface area contributed by atoms with E-state index in [0.717, 1.165) is 39.8 Å². The highest BCUT2D eigenvalue weighted by atomic mass is 79.9. The lowest BCUT2D eigenvalue weighted by molar-refractivity contribution is 0.102. The van der Waals surface area contributed by atoms with Gasteiger partial charge in [-0.25, -0.2) is 0 Å². The number of aromatic nitrogens is 4. The van der Waals surface area contributed by atoms with Gasteiger partial charge in [0.15, 0.2) is 5.69 Å². The fourth-order valence-corrected chi connectivity index (χ4v) is 3.07. The van der Waals surface area contributed by atoms with Gasteiger partial charge in [-0.1, -0.05) is 41.4 Å². The molecule has 25 heavy (non-hydrogen) atoms. The Balaban J connectivity index is 1.91. The second kappa shape index (κ2) is 7.23. The first-order chi connectivity index (χ1) is 12.0. The van der Waals surface area contributed by atoms with Crippen LogP contribution in [0.25, 0.3) is 11.1 Å². The highest BCUT2D eigenvalue weighted by molar-refractivity contribution is 9.10. The van der Waals surface area contributed by atoms with E-state index in [2.05, 4.69) is 43.5 Å².